The van der Waals surface area contributed by atoms with Gasteiger partial charge in [-0.25, -0.2) is 5.48 Å². The second-order valence-electron chi connectivity index (χ2n) is 3.33. The third-order valence-corrected chi connectivity index (χ3v) is 2.31. The molecule has 2 rings (SSSR count). The summed E-state index contributed by atoms with van der Waals surface area (Å²) in [6.45, 7) is 0. The van der Waals surface area contributed by atoms with Crippen molar-refractivity contribution in [2.75, 3.05) is 7.11 Å². The predicted octanol–water partition coefficient (Wildman–Crippen LogP) is 2.07. The van der Waals surface area contributed by atoms with Gasteiger partial charge in [-0.2, -0.15) is 0 Å². The summed E-state index contributed by atoms with van der Waals surface area (Å²) < 4.78 is 10.3. The quantitative estimate of drug-likeness (QED) is 0.628. The number of carbonyl (C=O) groups excluding carboxylic acids is 1. The molecule has 0 aliphatic heterocycles. The second-order valence-corrected chi connectivity index (χ2v) is 3.33. The Morgan fingerprint density at radius 3 is 2.53 bits per heavy atom. The third kappa shape index (κ3) is 2.29. The molecule has 17 heavy (non-hydrogen) atoms. The third-order valence-electron chi connectivity index (χ3n) is 2.31. The van der Waals surface area contributed by atoms with Crippen molar-refractivity contribution >= 4 is 5.91 Å². The molecule has 0 aliphatic rings. The lowest BCUT2D eigenvalue weighted by molar-refractivity contribution is 0.0677. The zero-order valence-electron chi connectivity index (χ0n) is 9.14. The molecule has 0 radical (unpaired) electrons. The molecule has 5 nitrogen and oxygen atoms in total. The van der Waals surface area contributed by atoms with E-state index in [-0.39, 0.29) is 5.76 Å². The molecule has 0 atom stereocenters. The Morgan fingerprint density at radius 1 is 1.24 bits per heavy atom. The van der Waals surface area contributed by atoms with Crippen molar-refractivity contribution < 1.29 is 19.2 Å². The summed E-state index contributed by atoms with van der Waals surface area (Å²) in [6.07, 6.45) is 0. The van der Waals surface area contributed by atoms with Crippen molar-refractivity contribution in [3.63, 3.8) is 0 Å². The maximum Gasteiger partial charge on any atom is 0.310 e. The van der Waals surface area contributed by atoms with E-state index in [1.807, 2.05) is 12.1 Å². The molecule has 0 unspecified atom stereocenters. The number of carbonyl (C=O) groups is 1. The van der Waals surface area contributed by atoms with E-state index in [1.54, 1.807) is 25.3 Å². The fourth-order valence-electron chi connectivity index (χ4n) is 1.43. The molecule has 0 bridgehead atoms. The standard InChI is InChI=1S/C12H11NO4/c1-16-9-4-2-8(3-5-9)10-6-7-11(17-10)12(14)13-15/h2-7,15H,1H3,(H,13,14). The van der Waals surface area contributed by atoms with Crippen LogP contribution in [-0.4, -0.2) is 18.2 Å². The maximum absolute atomic E-state index is 11.1. The van der Waals surface area contributed by atoms with Gasteiger partial charge in [0.1, 0.15) is 11.5 Å². The molecule has 2 N–H and O–H groups in total. The van der Waals surface area contributed by atoms with Crippen LogP contribution >= 0.6 is 0 Å². The van der Waals surface area contributed by atoms with Gasteiger partial charge in [-0.1, -0.05) is 0 Å². The number of ether oxygens (including phenoxy) is 1. The van der Waals surface area contributed by atoms with E-state index in [0.29, 0.717) is 5.76 Å². The largest absolute Gasteiger partial charge is 0.497 e. The molecular formula is C12H11NO4. The SMILES string of the molecule is COc1ccc(-c2ccc(C(=O)NO)o2)cc1. The number of hydroxylamine groups is 1. The van der Waals surface area contributed by atoms with Crippen molar-refractivity contribution in [2.24, 2.45) is 0 Å². The highest BCUT2D eigenvalue weighted by Gasteiger charge is 2.10. The number of hydrogen-bond donors (Lipinski definition) is 2. The van der Waals surface area contributed by atoms with E-state index in [2.05, 4.69) is 0 Å². The molecule has 0 fully saturated rings. The molecule has 1 amide bonds. The zero-order chi connectivity index (χ0) is 12.3. The lowest BCUT2D eigenvalue weighted by Crippen LogP contribution is -2.17. The van der Waals surface area contributed by atoms with Crippen LogP contribution in [0.25, 0.3) is 11.3 Å². The minimum absolute atomic E-state index is 0.0540. The summed E-state index contributed by atoms with van der Waals surface area (Å²) in [5.41, 5.74) is 2.33. The average molecular weight is 233 g/mol. The van der Waals surface area contributed by atoms with Gasteiger partial charge in [0.25, 0.3) is 0 Å². The number of nitrogens with one attached hydrogen (secondary N) is 1. The Kier molecular flexibility index (Phi) is 3.11. The van der Waals surface area contributed by atoms with E-state index in [4.69, 9.17) is 14.4 Å². The summed E-state index contributed by atoms with van der Waals surface area (Å²) in [4.78, 5) is 11.1. The first-order valence-electron chi connectivity index (χ1n) is 4.93. The molecule has 0 spiro atoms. The number of rotatable bonds is 3. The highest BCUT2D eigenvalue weighted by Crippen LogP contribution is 2.24. The Morgan fingerprint density at radius 2 is 1.94 bits per heavy atom. The van der Waals surface area contributed by atoms with Crippen LogP contribution in [0.5, 0.6) is 5.75 Å². The van der Waals surface area contributed by atoms with Crippen molar-refractivity contribution in [3.05, 3.63) is 42.2 Å². The summed E-state index contributed by atoms with van der Waals surface area (Å²) in [7, 11) is 1.59. The van der Waals surface area contributed by atoms with Crippen molar-refractivity contribution in [1.82, 2.24) is 5.48 Å². The normalized spacial score (nSPS) is 10.0. The van der Waals surface area contributed by atoms with Gasteiger partial charge in [0.15, 0.2) is 5.76 Å². The lowest BCUT2D eigenvalue weighted by Gasteiger charge is -2.00. The van der Waals surface area contributed by atoms with Gasteiger partial charge in [-0.15, -0.1) is 0 Å². The van der Waals surface area contributed by atoms with E-state index >= 15 is 0 Å². The number of amides is 1. The van der Waals surface area contributed by atoms with Gasteiger partial charge in [0, 0.05) is 5.56 Å². The highest BCUT2D eigenvalue weighted by molar-refractivity contribution is 5.91. The van der Waals surface area contributed by atoms with Gasteiger partial charge in [-0.05, 0) is 36.4 Å². The molecule has 5 heteroatoms. The first-order valence-corrected chi connectivity index (χ1v) is 4.93. The maximum atomic E-state index is 11.1. The molecule has 0 saturated heterocycles. The van der Waals surface area contributed by atoms with Crippen LogP contribution in [0, 0.1) is 0 Å². The number of hydrogen-bond acceptors (Lipinski definition) is 4. The van der Waals surface area contributed by atoms with Gasteiger partial charge < -0.3 is 9.15 Å². The molecule has 1 aromatic heterocycles. The first kappa shape index (κ1) is 11.2. The average Bonchev–Trinajstić information content (AvgIpc) is 2.87. The minimum Gasteiger partial charge on any atom is -0.497 e. The van der Waals surface area contributed by atoms with Crippen molar-refractivity contribution in [2.45, 2.75) is 0 Å². The number of furan rings is 1. The predicted molar refractivity (Wildman–Crippen MR) is 59.9 cm³/mol. The summed E-state index contributed by atoms with van der Waals surface area (Å²) in [5, 5.41) is 8.46. The molecule has 1 aromatic carbocycles. The van der Waals surface area contributed by atoms with Crippen LogP contribution in [-0.2, 0) is 0 Å². The molecule has 88 valence electrons. The summed E-state index contributed by atoms with van der Waals surface area (Å²) in [5.74, 6) is 0.669. The number of methoxy groups -OCH3 is 1. The van der Waals surface area contributed by atoms with E-state index in [1.165, 1.54) is 11.5 Å². The van der Waals surface area contributed by atoms with Gasteiger partial charge in [0.05, 0.1) is 7.11 Å². The Hall–Kier alpha value is -2.27. The smallest absolute Gasteiger partial charge is 0.310 e. The van der Waals surface area contributed by atoms with Crippen LogP contribution in [0.4, 0.5) is 0 Å². The first-order chi connectivity index (χ1) is 8.24. The fourth-order valence-corrected chi connectivity index (χ4v) is 1.43. The van der Waals surface area contributed by atoms with Gasteiger partial charge in [-0.3, -0.25) is 10.0 Å². The van der Waals surface area contributed by atoms with Gasteiger partial charge >= 0.3 is 5.91 Å². The summed E-state index contributed by atoms with van der Waals surface area (Å²) >= 11 is 0. The van der Waals surface area contributed by atoms with Crippen LogP contribution in [0.2, 0.25) is 0 Å². The molecule has 1 heterocycles. The summed E-state index contributed by atoms with van der Waals surface area (Å²) in [6, 6.07) is 10.4. The second kappa shape index (κ2) is 4.71. The van der Waals surface area contributed by atoms with E-state index < -0.39 is 5.91 Å². The lowest BCUT2D eigenvalue weighted by atomic mass is 10.2. The topological polar surface area (TPSA) is 71.7 Å². The highest BCUT2D eigenvalue weighted by atomic mass is 16.5. The zero-order valence-corrected chi connectivity index (χ0v) is 9.14. The molecule has 0 aliphatic carbocycles. The monoisotopic (exact) mass is 233 g/mol. The Bertz CT molecular complexity index is 516. The van der Waals surface area contributed by atoms with Crippen LogP contribution < -0.4 is 10.2 Å². The van der Waals surface area contributed by atoms with E-state index in [0.717, 1.165) is 11.3 Å². The number of benzene rings is 1. The van der Waals surface area contributed by atoms with E-state index in [9.17, 15) is 4.79 Å². The Balaban J connectivity index is 2.27. The Labute approximate surface area is 97.6 Å². The van der Waals surface area contributed by atoms with Crippen molar-refractivity contribution in [1.29, 1.82) is 0 Å². The molecule has 2 aromatic rings. The van der Waals surface area contributed by atoms with Crippen LogP contribution in [0.15, 0.2) is 40.8 Å². The molecular weight excluding hydrogens is 222 g/mol. The molecule has 0 saturated carbocycles. The minimum atomic E-state index is -0.676. The van der Waals surface area contributed by atoms with Gasteiger partial charge in [0.2, 0.25) is 0 Å². The van der Waals surface area contributed by atoms with Crippen molar-refractivity contribution in [3.8, 4) is 17.1 Å². The van der Waals surface area contributed by atoms with Crippen LogP contribution in [0.1, 0.15) is 10.6 Å². The fraction of sp³-hybridized carbons (Fsp3) is 0.0833. The van der Waals surface area contributed by atoms with Crippen LogP contribution in [0.3, 0.4) is 0 Å².